The summed E-state index contributed by atoms with van der Waals surface area (Å²) in [4.78, 5) is 12.8. The van der Waals surface area contributed by atoms with Crippen molar-refractivity contribution in [2.45, 2.75) is 44.7 Å². The number of amides is 1. The second kappa shape index (κ2) is 8.57. The molecule has 2 aromatic carbocycles. The highest BCUT2D eigenvalue weighted by Crippen LogP contribution is 2.30. The fourth-order valence-electron chi connectivity index (χ4n) is 4.27. The minimum absolute atomic E-state index is 0.00637. The van der Waals surface area contributed by atoms with Gasteiger partial charge in [-0.25, -0.2) is 0 Å². The Labute approximate surface area is 175 Å². The molecule has 0 atom stereocenters. The van der Waals surface area contributed by atoms with Crippen LogP contribution in [0.15, 0.2) is 48.5 Å². The Balaban J connectivity index is 1.73. The van der Waals surface area contributed by atoms with Gasteiger partial charge in [0.2, 0.25) is 12.1 Å². The molecule has 4 rings (SSSR count). The number of hydrogen-bond donors (Lipinski definition) is 3. The van der Waals surface area contributed by atoms with Crippen LogP contribution < -0.4 is 19.2 Å². The average Bonchev–Trinajstić information content (AvgIpc) is 2.78. The van der Waals surface area contributed by atoms with E-state index in [4.69, 9.17) is 4.74 Å². The lowest BCUT2D eigenvalue weighted by Gasteiger charge is -2.17. The van der Waals surface area contributed by atoms with Gasteiger partial charge in [0.1, 0.15) is 5.75 Å². The third kappa shape index (κ3) is 3.75. The Kier molecular flexibility index (Phi) is 5.70. The van der Waals surface area contributed by atoms with E-state index < -0.39 is 0 Å². The van der Waals surface area contributed by atoms with Crippen LogP contribution in [0.1, 0.15) is 38.1 Å². The summed E-state index contributed by atoms with van der Waals surface area (Å²) in [5, 5.41) is 25.5. The van der Waals surface area contributed by atoms with Gasteiger partial charge in [-0.2, -0.15) is 0 Å². The van der Waals surface area contributed by atoms with E-state index in [1.54, 1.807) is 40.5 Å². The van der Waals surface area contributed by atoms with E-state index >= 15 is 0 Å². The van der Waals surface area contributed by atoms with Crippen LogP contribution in [0.3, 0.4) is 0 Å². The molecule has 0 bridgehead atoms. The summed E-state index contributed by atoms with van der Waals surface area (Å²) < 4.78 is 8.43. The fraction of sp³-hybridized carbons (Fsp3) is 0.348. The minimum atomic E-state index is -0.300. The van der Waals surface area contributed by atoms with Crippen molar-refractivity contribution in [2.24, 2.45) is 0 Å². The zero-order chi connectivity index (χ0) is 21.1. The van der Waals surface area contributed by atoms with Gasteiger partial charge in [0.05, 0.1) is 12.8 Å². The highest BCUT2D eigenvalue weighted by atomic mass is 16.5. The molecular formula is C23H27N3O4+2. The summed E-state index contributed by atoms with van der Waals surface area (Å²) in [6.45, 7) is -0.0998. The monoisotopic (exact) mass is 409 g/mol. The molecule has 1 fully saturated rings. The van der Waals surface area contributed by atoms with Crippen molar-refractivity contribution in [1.82, 2.24) is 0 Å². The van der Waals surface area contributed by atoms with E-state index in [2.05, 4.69) is 5.32 Å². The van der Waals surface area contributed by atoms with E-state index in [1.165, 1.54) is 0 Å². The number of rotatable bonds is 5. The van der Waals surface area contributed by atoms with E-state index in [0.29, 0.717) is 22.3 Å². The van der Waals surface area contributed by atoms with Crippen LogP contribution in [0.5, 0.6) is 17.6 Å². The second-order valence-electron chi connectivity index (χ2n) is 7.64. The first-order valence-corrected chi connectivity index (χ1v) is 10.3. The lowest BCUT2D eigenvalue weighted by Crippen LogP contribution is -2.53. The molecule has 1 saturated carbocycles. The Morgan fingerprint density at radius 2 is 1.77 bits per heavy atom. The maximum atomic E-state index is 12.8. The fourth-order valence-corrected chi connectivity index (χ4v) is 4.27. The molecule has 30 heavy (non-hydrogen) atoms. The number of methoxy groups -OCH3 is 1. The maximum Gasteiger partial charge on any atom is 0.632 e. The van der Waals surface area contributed by atoms with Crippen molar-refractivity contribution >= 4 is 22.5 Å². The van der Waals surface area contributed by atoms with Crippen molar-refractivity contribution in [3.05, 3.63) is 48.5 Å². The van der Waals surface area contributed by atoms with Crippen LogP contribution in [0.4, 0.5) is 5.69 Å². The molecule has 7 heteroatoms. The zero-order valence-electron chi connectivity index (χ0n) is 17.0. The number of nitrogens with zero attached hydrogens (tertiary/aromatic N) is 2. The lowest BCUT2D eigenvalue weighted by molar-refractivity contribution is -0.830. The van der Waals surface area contributed by atoms with Crippen LogP contribution in [0.2, 0.25) is 0 Å². The van der Waals surface area contributed by atoms with Gasteiger partial charge in [-0.15, -0.1) is 0 Å². The minimum Gasteiger partial charge on any atom is -0.495 e. The Bertz CT molecular complexity index is 1080. The molecule has 7 nitrogen and oxygen atoms in total. The summed E-state index contributed by atoms with van der Waals surface area (Å²) in [6.07, 6.45) is 5.04. The molecule has 1 aromatic heterocycles. The van der Waals surface area contributed by atoms with Crippen LogP contribution in [0, 0.1) is 0 Å². The van der Waals surface area contributed by atoms with Gasteiger partial charge in [-0.1, -0.05) is 39.8 Å². The van der Waals surface area contributed by atoms with Gasteiger partial charge in [0, 0.05) is 18.9 Å². The molecule has 156 valence electrons. The van der Waals surface area contributed by atoms with Crippen molar-refractivity contribution in [3.63, 3.8) is 0 Å². The lowest BCUT2D eigenvalue weighted by atomic mass is 9.95. The number of carbonyl (C=O) groups excluding carboxylic acids is 1. The van der Waals surface area contributed by atoms with Gasteiger partial charge < -0.3 is 20.3 Å². The number of benzene rings is 2. The zero-order valence-corrected chi connectivity index (χ0v) is 17.0. The van der Waals surface area contributed by atoms with Crippen LogP contribution in [-0.2, 0) is 11.3 Å². The van der Waals surface area contributed by atoms with Crippen molar-refractivity contribution in [3.8, 4) is 17.6 Å². The third-order valence-electron chi connectivity index (χ3n) is 5.74. The van der Waals surface area contributed by atoms with E-state index in [0.717, 1.165) is 32.1 Å². The summed E-state index contributed by atoms with van der Waals surface area (Å²) in [6, 6.07) is 14.3. The number of nitrogens with one attached hydrogen (secondary N) is 1. The Morgan fingerprint density at radius 1 is 1.07 bits per heavy atom. The van der Waals surface area contributed by atoms with Gasteiger partial charge in [0.15, 0.2) is 11.4 Å². The first-order chi connectivity index (χ1) is 14.6. The summed E-state index contributed by atoms with van der Waals surface area (Å²) in [7, 11) is 1.55. The molecule has 0 saturated heterocycles. The maximum absolute atomic E-state index is 12.8. The van der Waals surface area contributed by atoms with Gasteiger partial charge in [-0.05, 0) is 31.0 Å². The summed E-state index contributed by atoms with van der Waals surface area (Å²) in [5.74, 6) is 0.301. The first-order valence-electron chi connectivity index (χ1n) is 10.3. The topological polar surface area (TPSA) is 86.5 Å². The summed E-state index contributed by atoms with van der Waals surface area (Å²) in [5.41, 5.74) is 1.16. The van der Waals surface area contributed by atoms with E-state index in [-0.39, 0.29) is 30.4 Å². The van der Waals surface area contributed by atoms with Gasteiger partial charge >= 0.3 is 11.9 Å². The normalized spacial score (nSPS) is 14.6. The molecule has 0 spiro atoms. The number of carbonyl (C=O) groups is 1. The number of aromatic nitrogens is 2. The Morgan fingerprint density at radius 3 is 2.53 bits per heavy atom. The number of aromatic hydroxyl groups is 2. The number of ether oxygens (including phenoxy) is 1. The molecule has 1 heterocycles. The average molecular weight is 409 g/mol. The predicted octanol–water partition coefficient (Wildman–Crippen LogP) is 2.98. The van der Waals surface area contributed by atoms with E-state index in [1.807, 2.05) is 24.3 Å². The van der Waals surface area contributed by atoms with Gasteiger partial charge in [0.25, 0.3) is 5.91 Å². The highest BCUT2D eigenvalue weighted by Gasteiger charge is 2.39. The third-order valence-corrected chi connectivity index (χ3v) is 5.74. The first kappa shape index (κ1) is 19.9. The van der Waals surface area contributed by atoms with Crippen molar-refractivity contribution in [1.29, 1.82) is 0 Å². The van der Waals surface area contributed by atoms with E-state index in [9.17, 15) is 15.0 Å². The molecule has 0 radical (unpaired) electrons. The molecule has 1 aliphatic rings. The SMILES string of the molecule is COc1ccccc1NC(=O)C[n+]1c(O)[n+](C2CCCCC2)c(O)c2ccccc21. The second-order valence-corrected chi connectivity index (χ2v) is 7.64. The van der Waals surface area contributed by atoms with Crippen LogP contribution >= 0.6 is 0 Å². The largest absolute Gasteiger partial charge is 0.632 e. The highest BCUT2D eigenvalue weighted by molar-refractivity contribution is 5.91. The van der Waals surface area contributed by atoms with Crippen molar-refractivity contribution < 1.29 is 28.9 Å². The molecule has 3 aromatic rings. The van der Waals surface area contributed by atoms with Crippen LogP contribution in [-0.4, -0.2) is 23.2 Å². The number of para-hydroxylation sites is 3. The molecule has 0 aliphatic heterocycles. The molecule has 1 aliphatic carbocycles. The molecule has 0 unspecified atom stereocenters. The van der Waals surface area contributed by atoms with Crippen LogP contribution in [0.25, 0.3) is 10.9 Å². The number of fused-ring (bicyclic) bond motifs is 1. The molecule has 3 N–H and O–H groups in total. The smallest absolute Gasteiger partial charge is 0.495 e. The van der Waals surface area contributed by atoms with Crippen molar-refractivity contribution in [2.75, 3.05) is 12.4 Å². The standard InChI is InChI=1S/C23H25N3O4/c1-30-20-14-8-6-12-18(20)24-21(27)15-25-19-13-7-5-11-17(19)22(28)26(23(25)29)16-9-3-2-4-10-16/h5-8,11-14,16H,2-4,9-10,15H2,1H3,(H,24,27)/p+2. The Hall–Kier alpha value is -3.35. The summed E-state index contributed by atoms with van der Waals surface area (Å²) >= 11 is 0. The predicted molar refractivity (Wildman–Crippen MR) is 111 cm³/mol. The quantitative estimate of drug-likeness (QED) is 0.566. The number of anilines is 1. The molecule has 1 amide bonds. The number of hydrogen-bond acceptors (Lipinski definition) is 4. The molecular weight excluding hydrogens is 382 g/mol. The van der Waals surface area contributed by atoms with Gasteiger partial charge in [-0.3, -0.25) is 4.79 Å².